The smallest absolute Gasteiger partial charge is 0.0900 e. The third-order valence-electron chi connectivity index (χ3n) is 3.87. The molecule has 1 aromatic rings. The fourth-order valence-electron chi connectivity index (χ4n) is 2.72. The Bertz CT molecular complexity index is 421. The van der Waals surface area contributed by atoms with Gasteiger partial charge in [0.15, 0.2) is 0 Å². The monoisotopic (exact) mass is 297 g/mol. The lowest BCUT2D eigenvalue weighted by molar-refractivity contribution is 0.181. The number of aromatic nitrogens is 1. The molecule has 1 fully saturated rings. The van der Waals surface area contributed by atoms with Crippen molar-refractivity contribution < 1.29 is 4.74 Å². The number of rotatable bonds is 7. The zero-order valence-electron chi connectivity index (χ0n) is 13.0. The molecule has 3 atom stereocenters. The molecule has 114 valence electrons. The fraction of sp³-hybridized carbons (Fsp3) is 0.800. The van der Waals surface area contributed by atoms with Gasteiger partial charge in [0, 0.05) is 29.4 Å². The molecule has 1 aliphatic rings. The van der Waals surface area contributed by atoms with E-state index in [1.807, 2.05) is 0 Å². The van der Waals surface area contributed by atoms with Gasteiger partial charge in [-0.2, -0.15) is 0 Å². The Hall–Kier alpha value is -0.490. The van der Waals surface area contributed by atoms with Crippen molar-refractivity contribution in [3.63, 3.8) is 0 Å². The second-order valence-corrected chi connectivity index (χ2v) is 6.91. The maximum absolute atomic E-state index is 5.62. The summed E-state index contributed by atoms with van der Waals surface area (Å²) in [6.45, 7) is 12.4. The molecular weight excluding hydrogens is 270 g/mol. The summed E-state index contributed by atoms with van der Waals surface area (Å²) in [4.78, 5) is 5.87. The van der Waals surface area contributed by atoms with Crippen molar-refractivity contribution in [1.82, 2.24) is 15.6 Å². The van der Waals surface area contributed by atoms with Gasteiger partial charge in [0.25, 0.3) is 0 Å². The van der Waals surface area contributed by atoms with Crippen LogP contribution in [0.3, 0.4) is 0 Å². The maximum Gasteiger partial charge on any atom is 0.0900 e. The van der Waals surface area contributed by atoms with Crippen LogP contribution in [0, 0.1) is 19.8 Å². The summed E-state index contributed by atoms with van der Waals surface area (Å²) in [6.07, 6.45) is 1.17. The van der Waals surface area contributed by atoms with Crippen LogP contribution in [0.5, 0.6) is 0 Å². The third-order valence-corrected chi connectivity index (χ3v) is 5.13. The van der Waals surface area contributed by atoms with Crippen LogP contribution in [0.2, 0.25) is 0 Å². The molecule has 4 nitrogen and oxygen atoms in total. The molecule has 1 aliphatic heterocycles. The van der Waals surface area contributed by atoms with Gasteiger partial charge in [0.05, 0.1) is 23.9 Å². The Kier molecular flexibility index (Phi) is 5.96. The number of aryl methyl sites for hydroxylation is 2. The molecule has 2 heterocycles. The zero-order chi connectivity index (χ0) is 14.5. The van der Waals surface area contributed by atoms with Crippen LogP contribution in [0.25, 0.3) is 0 Å². The normalized spacial score (nSPS) is 24.2. The molecular formula is C15H27N3OS. The predicted molar refractivity (Wildman–Crippen MR) is 84.4 cm³/mol. The van der Waals surface area contributed by atoms with Crippen molar-refractivity contribution in [2.24, 2.45) is 5.92 Å². The zero-order valence-corrected chi connectivity index (χ0v) is 13.8. The van der Waals surface area contributed by atoms with Crippen molar-refractivity contribution in [2.75, 3.05) is 26.3 Å². The summed E-state index contributed by atoms with van der Waals surface area (Å²) in [5.41, 5.74) is 1.16. The van der Waals surface area contributed by atoms with Gasteiger partial charge < -0.3 is 15.4 Å². The number of hydrogen-bond acceptors (Lipinski definition) is 5. The highest BCUT2D eigenvalue weighted by Crippen LogP contribution is 2.25. The molecule has 0 spiro atoms. The lowest BCUT2D eigenvalue weighted by Crippen LogP contribution is -2.41. The van der Waals surface area contributed by atoms with E-state index in [0.29, 0.717) is 18.0 Å². The quantitative estimate of drug-likeness (QED) is 0.811. The summed E-state index contributed by atoms with van der Waals surface area (Å²) >= 11 is 1.80. The number of thiazole rings is 1. The van der Waals surface area contributed by atoms with E-state index in [-0.39, 0.29) is 0 Å². The molecule has 2 rings (SSSR count). The van der Waals surface area contributed by atoms with Gasteiger partial charge in [-0.3, -0.25) is 0 Å². The van der Waals surface area contributed by atoms with Crippen molar-refractivity contribution in [3.8, 4) is 0 Å². The predicted octanol–water partition coefficient (Wildman–Crippen LogP) is 2.43. The number of ether oxygens (including phenoxy) is 1. The Labute approximate surface area is 126 Å². The average Bonchev–Trinajstić information content (AvgIpc) is 2.99. The molecule has 20 heavy (non-hydrogen) atoms. The molecule has 0 bridgehead atoms. The van der Waals surface area contributed by atoms with E-state index >= 15 is 0 Å². The highest BCUT2D eigenvalue weighted by atomic mass is 32.1. The van der Waals surface area contributed by atoms with E-state index in [1.54, 1.807) is 11.3 Å². The summed E-state index contributed by atoms with van der Waals surface area (Å²) in [7, 11) is 0. The van der Waals surface area contributed by atoms with Crippen molar-refractivity contribution in [1.29, 1.82) is 0 Å². The van der Waals surface area contributed by atoms with Gasteiger partial charge in [-0.1, -0.05) is 6.92 Å². The van der Waals surface area contributed by atoms with Crippen LogP contribution >= 0.6 is 11.3 Å². The van der Waals surface area contributed by atoms with Gasteiger partial charge in [-0.15, -0.1) is 11.3 Å². The maximum atomic E-state index is 5.62. The Morgan fingerprint density at radius 3 is 2.85 bits per heavy atom. The first-order valence-electron chi connectivity index (χ1n) is 7.60. The van der Waals surface area contributed by atoms with Crippen LogP contribution in [0.1, 0.15) is 41.9 Å². The summed E-state index contributed by atoms with van der Waals surface area (Å²) in [6, 6.07) is 0.868. The van der Waals surface area contributed by atoms with E-state index in [9.17, 15) is 0 Å². The first-order chi connectivity index (χ1) is 9.61. The molecule has 5 heteroatoms. The first kappa shape index (κ1) is 15.9. The van der Waals surface area contributed by atoms with Crippen molar-refractivity contribution in [2.45, 2.75) is 46.2 Å². The molecule has 1 aromatic heterocycles. The van der Waals surface area contributed by atoms with E-state index in [2.05, 4.69) is 43.3 Å². The van der Waals surface area contributed by atoms with Gasteiger partial charge in [-0.25, -0.2) is 4.98 Å². The number of hydrogen-bond donors (Lipinski definition) is 2. The molecule has 1 saturated heterocycles. The van der Waals surface area contributed by atoms with E-state index in [1.165, 1.54) is 11.3 Å². The van der Waals surface area contributed by atoms with Crippen LogP contribution in [0.4, 0.5) is 0 Å². The van der Waals surface area contributed by atoms with Crippen molar-refractivity contribution >= 4 is 11.3 Å². The molecule has 0 radical (unpaired) electrons. The van der Waals surface area contributed by atoms with Gasteiger partial charge in [0.1, 0.15) is 0 Å². The minimum atomic E-state index is 0.369. The van der Waals surface area contributed by atoms with E-state index in [0.717, 1.165) is 37.0 Å². The first-order valence-corrected chi connectivity index (χ1v) is 8.41. The summed E-state index contributed by atoms with van der Waals surface area (Å²) < 4.78 is 5.62. The average molecular weight is 297 g/mol. The standard InChI is InChI=1S/C15H27N3OS/c1-5-6-16-14-9-19-8-13(14)7-17-10(2)15-11(3)18-12(4)20-15/h10,13-14,16-17H,5-9H2,1-4H3. The minimum Gasteiger partial charge on any atom is -0.379 e. The lowest BCUT2D eigenvalue weighted by atomic mass is 10.0. The van der Waals surface area contributed by atoms with Crippen molar-refractivity contribution in [3.05, 3.63) is 15.6 Å². The van der Waals surface area contributed by atoms with Crippen LogP contribution in [-0.4, -0.2) is 37.3 Å². The molecule has 0 amide bonds. The summed E-state index contributed by atoms with van der Waals surface area (Å²) in [5, 5.41) is 8.39. The second kappa shape index (κ2) is 7.50. The highest BCUT2D eigenvalue weighted by Gasteiger charge is 2.28. The fourth-order valence-corrected chi connectivity index (χ4v) is 3.68. The third kappa shape index (κ3) is 4.01. The SMILES string of the molecule is CCCNC1COCC1CNC(C)c1sc(C)nc1C. The largest absolute Gasteiger partial charge is 0.379 e. The number of nitrogens with one attached hydrogen (secondary N) is 2. The summed E-state index contributed by atoms with van der Waals surface area (Å²) in [5.74, 6) is 0.568. The second-order valence-electron chi connectivity index (χ2n) is 5.67. The molecule has 2 N–H and O–H groups in total. The molecule has 0 aliphatic carbocycles. The Morgan fingerprint density at radius 1 is 1.40 bits per heavy atom. The topological polar surface area (TPSA) is 46.2 Å². The molecule has 3 unspecified atom stereocenters. The Morgan fingerprint density at radius 2 is 2.20 bits per heavy atom. The van der Waals surface area contributed by atoms with Gasteiger partial charge in [-0.05, 0) is 33.7 Å². The van der Waals surface area contributed by atoms with E-state index in [4.69, 9.17) is 4.74 Å². The van der Waals surface area contributed by atoms with E-state index < -0.39 is 0 Å². The molecule has 0 saturated carbocycles. The Balaban J connectivity index is 1.83. The van der Waals surface area contributed by atoms with Crippen LogP contribution in [0.15, 0.2) is 0 Å². The lowest BCUT2D eigenvalue weighted by Gasteiger charge is -2.21. The van der Waals surface area contributed by atoms with Crippen LogP contribution in [-0.2, 0) is 4.74 Å². The molecule has 0 aromatic carbocycles. The number of nitrogens with zero attached hydrogens (tertiary/aromatic N) is 1. The minimum absolute atomic E-state index is 0.369. The van der Waals surface area contributed by atoms with Gasteiger partial charge >= 0.3 is 0 Å². The van der Waals surface area contributed by atoms with Crippen LogP contribution < -0.4 is 10.6 Å². The van der Waals surface area contributed by atoms with Gasteiger partial charge in [0.2, 0.25) is 0 Å². The highest BCUT2D eigenvalue weighted by molar-refractivity contribution is 7.11.